The van der Waals surface area contributed by atoms with Crippen LogP contribution in [0, 0.1) is 0 Å². The predicted octanol–water partition coefficient (Wildman–Crippen LogP) is 5.32. The molecule has 0 aliphatic heterocycles. The number of hydrogen-bond acceptors (Lipinski definition) is 3. The number of hydrogen-bond donors (Lipinski definition) is 1. The van der Waals surface area contributed by atoms with Crippen LogP contribution in [0.15, 0.2) is 52.9 Å². The smallest absolute Gasteiger partial charge is 0.138 e. The first kappa shape index (κ1) is 14.5. The molecule has 1 aromatic heterocycles. The van der Waals surface area contributed by atoms with Gasteiger partial charge in [0.2, 0.25) is 0 Å². The zero-order valence-corrected chi connectivity index (χ0v) is 13.4. The highest BCUT2D eigenvalue weighted by molar-refractivity contribution is 5.84. The van der Waals surface area contributed by atoms with Crippen molar-refractivity contribution in [1.29, 1.82) is 0 Å². The van der Waals surface area contributed by atoms with Gasteiger partial charge >= 0.3 is 0 Å². The van der Waals surface area contributed by atoms with Gasteiger partial charge in [-0.15, -0.1) is 0 Å². The monoisotopic (exact) mass is 295 g/mol. The minimum atomic E-state index is -0.216. The van der Waals surface area contributed by atoms with Gasteiger partial charge in [0.25, 0.3) is 0 Å². The van der Waals surface area contributed by atoms with E-state index in [0.29, 0.717) is 0 Å². The third-order valence-corrected chi connectivity index (χ3v) is 3.37. The molecule has 0 saturated heterocycles. The topological polar surface area (TPSA) is 34.4 Å². The fraction of sp³-hybridized carbons (Fsp3) is 0.263. The SMILES string of the molecule is CNc1ccc(-c2cc3ccc(OC(C)(C)C)cc3o2)cc1. The fourth-order valence-corrected chi connectivity index (χ4v) is 2.37. The molecule has 0 bridgehead atoms. The Labute approximate surface area is 130 Å². The standard InChI is InChI=1S/C19H21NO2/c1-19(2,3)22-16-10-7-14-11-17(21-18(14)12-16)13-5-8-15(20-4)9-6-13/h5-12,20H,1-4H3. The van der Waals surface area contributed by atoms with Crippen molar-refractivity contribution in [3.8, 4) is 17.1 Å². The first-order chi connectivity index (χ1) is 10.4. The highest BCUT2D eigenvalue weighted by atomic mass is 16.5. The van der Waals surface area contributed by atoms with Gasteiger partial charge in [-0.25, -0.2) is 0 Å². The summed E-state index contributed by atoms with van der Waals surface area (Å²) in [5.41, 5.74) is 2.77. The molecule has 1 heterocycles. The Balaban J connectivity index is 1.95. The maximum atomic E-state index is 5.98. The molecule has 0 aliphatic rings. The quantitative estimate of drug-likeness (QED) is 0.710. The van der Waals surface area contributed by atoms with Crippen molar-refractivity contribution in [2.24, 2.45) is 0 Å². The lowest BCUT2D eigenvalue weighted by Gasteiger charge is -2.20. The highest BCUT2D eigenvalue weighted by Gasteiger charge is 2.13. The number of furan rings is 1. The Bertz CT molecular complexity index is 779. The van der Waals surface area contributed by atoms with E-state index in [1.165, 1.54) is 0 Å². The molecule has 0 spiro atoms. The van der Waals surface area contributed by atoms with Crippen molar-refractivity contribution < 1.29 is 9.15 Å². The van der Waals surface area contributed by atoms with E-state index in [9.17, 15) is 0 Å². The number of rotatable bonds is 3. The average Bonchev–Trinajstić information content (AvgIpc) is 2.89. The normalized spacial score (nSPS) is 11.6. The van der Waals surface area contributed by atoms with Crippen LogP contribution >= 0.6 is 0 Å². The summed E-state index contributed by atoms with van der Waals surface area (Å²) in [6.45, 7) is 6.11. The van der Waals surface area contributed by atoms with Crippen LogP contribution in [0.1, 0.15) is 20.8 Å². The maximum Gasteiger partial charge on any atom is 0.138 e. The molecule has 0 atom stereocenters. The largest absolute Gasteiger partial charge is 0.488 e. The molecular weight excluding hydrogens is 274 g/mol. The van der Waals surface area contributed by atoms with E-state index >= 15 is 0 Å². The number of anilines is 1. The summed E-state index contributed by atoms with van der Waals surface area (Å²) in [7, 11) is 1.91. The third-order valence-electron chi connectivity index (χ3n) is 3.37. The Kier molecular flexibility index (Phi) is 3.57. The number of fused-ring (bicyclic) bond motifs is 1. The molecule has 3 heteroatoms. The molecular formula is C19H21NO2. The Hall–Kier alpha value is -2.42. The average molecular weight is 295 g/mol. The Morgan fingerprint density at radius 1 is 0.955 bits per heavy atom. The highest BCUT2D eigenvalue weighted by Crippen LogP contribution is 2.31. The van der Waals surface area contributed by atoms with Crippen LogP contribution < -0.4 is 10.1 Å². The fourth-order valence-electron chi connectivity index (χ4n) is 2.37. The van der Waals surface area contributed by atoms with Gasteiger partial charge in [0.05, 0.1) is 0 Å². The molecule has 3 nitrogen and oxygen atoms in total. The molecule has 3 rings (SSSR count). The first-order valence-corrected chi connectivity index (χ1v) is 7.45. The van der Waals surface area contributed by atoms with Gasteiger partial charge in [0.15, 0.2) is 0 Å². The van der Waals surface area contributed by atoms with Crippen LogP contribution in [0.25, 0.3) is 22.3 Å². The number of nitrogens with one attached hydrogen (secondary N) is 1. The lowest BCUT2D eigenvalue weighted by atomic mass is 10.1. The van der Waals surface area contributed by atoms with Gasteiger partial charge in [-0.05, 0) is 63.2 Å². The summed E-state index contributed by atoms with van der Waals surface area (Å²) < 4.78 is 11.9. The minimum Gasteiger partial charge on any atom is -0.488 e. The summed E-state index contributed by atoms with van der Waals surface area (Å²) >= 11 is 0. The summed E-state index contributed by atoms with van der Waals surface area (Å²) in [6.07, 6.45) is 0. The van der Waals surface area contributed by atoms with E-state index in [2.05, 4.69) is 23.5 Å². The van der Waals surface area contributed by atoms with E-state index in [0.717, 1.165) is 33.7 Å². The van der Waals surface area contributed by atoms with Gasteiger partial charge in [-0.1, -0.05) is 0 Å². The number of benzene rings is 2. The van der Waals surface area contributed by atoms with Gasteiger partial charge in [-0.2, -0.15) is 0 Å². The molecule has 0 amide bonds. The summed E-state index contributed by atoms with van der Waals surface area (Å²) in [5, 5.41) is 4.19. The van der Waals surface area contributed by atoms with E-state index < -0.39 is 0 Å². The molecule has 0 aliphatic carbocycles. The second kappa shape index (κ2) is 5.41. The molecule has 0 radical (unpaired) electrons. The Morgan fingerprint density at radius 3 is 2.32 bits per heavy atom. The first-order valence-electron chi connectivity index (χ1n) is 7.45. The number of ether oxygens (including phenoxy) is 1. The van der Waals surface area contributed by atoms with E-state index in [1.807, 2.05) is 58.2 Å². The van der Waals surface area contributed by atoms with Crippen molar-refractivity contribution in [1.82, 2.24) is 0 Å². The lowest BCUT2D eigenvalue weighted by Crippen LogP contribution is -2.22. The molecule has 114 valence electrons. The molecule has 0 unspecified atom stereocenters. The van der Waals surface area contributed by atoms with E-state index in [-0.39, 0.29) is 5.60 Å². The van der Waals surface area contributed by atoms with Crippen molar-refractivity contribution in [3.05, 3.63) is 48.5 Å². The van der Waals surface area contributed by atoms with Crippen molar-refractivity contribution >= 4 is 16.7 Å². The lowest BCUT2D eigenvalue weighted by molar-refractivity contribution is 0.131. The predicted molar refractivity (Wildman–Crippen MR) is 91.6 cm³/mol. The van der Waals surface area contributed by atoms with E-state index in [4.69, 9.17) is 9.15 Å². The maximum absolute atomic E-state index is 5.98. The van der Waals surface area contributed by atoms with Crippen molar-refractivity contribution in [3.63, 3.8) is 0 Å². The van der Waals surface area contributed by atoms with Crippen molar-refractivity contribution in [2.75, 3.05) is 12.4 Å². The summed E-state index contributed by atoms with van der Waals surface area (Å²) in [4.78, 5) is 0. The summed E-state index contributed by atoms with van der Waals surface area (Å²) in [6, 6.07) is 16.2. The van der Waals surface area contributed by atoms with Crippen LogP contribution in [0.3, 0.4) is 0 Å². The van der Waals surface area contributed by atoms with Crippen molar-refractivity contribution in [2.45, 2.75) is 26.4 Å². The molecule has 2 aromatic carbocycles. The molecule has 3 aromatic rings. The van der Waals surface area contributed by atoms with Gasteiger partial charge < -0.3 is 14.5 Å². The van der Waals surface area contributed by atoms with Gasteiger partial charge in [-0.3, -0.25) is 0 Å². The van der Waals surface area contributed by atoms with Crippen LogP contribution in [0.4, 0.5) is 5.69 Å². The third kappa shape index (κ3) is 3.08. The van der Waals surface area contributed by atoms with Crippen LogP contribution in [0.2, 0.25) is 0 Å². The molecule has 1 N–H and O–H groups in total. The van der Waals surface area contributed by atoms with Crippen LogP contribution in [-0.4, -0.2) is 12.6 Å². The summed E-state index contributed by atoms with van der Waals surface area (Å²) in [5.74, 6) is 1.69. The Morgan fingerprint density at radius 2 is 1.68 bits per heavy atom. The second-order valence-electron chi connectivity index (χ2n) is 6.35. The van der Waals surface area contributed by atoms with E-state index in [1.54, 1.807) is 0 Å². The molecule has 0 saturated carbocycles. The zero-order chi connectivity index (χ0) is 15.7. The zero-order valence-electron chi connectivity index (χ0n) is 13.4. The van der Waals surface area contributed by atoms with Gasteiger partial charge in [0, 0.05) is 29.8 Å². The minimum absolute atomic E-state index is 0.216. The van der Waals surface area contributed by atoms with Gasteiger partial charge in [0.1, 0.15) is 22.7 Å². The molecule has 22 heavy (non-hydrogen) atoms. The van der Waals surface area contributed by atoms with Crippen LogP contribution in [-0.2, 0) is 0 Å². The van der Waals surface area contributed by atoms with Crippen LogP contribution in [0.5, 0.6) is 5.75 Å². The molecule has 0 fully saturated rings. The second-order valence-corrected chi connectivity index (χ2v) is 6.35.